The second kappa shape index (κ2) is 7.25. The SMILES string of the molecule is Cc1cc(F)cc(C)c1S(=O)(=O)NC1CC(N(CC(=O)O)CC2CC2)C1. The van der Waals surface area contributed by atoms with E-state index in [0.717, 1.165) is 19.4 Å². The smallest absolute Gasteiger partial charge is 0.317 e. The van der Waals surface area contributed by atoms with Gasteiger partial charge in [-0.05, 0) is 68.7 Å². The van der Waals surface area contributed by atoms with Gasteiger partial charge in [-0.2, -0.15) is 0 Å². The quantitative estimate of drug-likeness (QED) is 0.716. The van der Waals surface area contributed by atoms with Crippen molar-refractivity contribution in [2.24, 2.45) is 5.92 Å². The maximum absolute atomic E-state index is 13.4. The molecule has 144 valence electrons. The third kappa shape index (κ3) is 4.42. The van der Waals surface area contributed by atoms with Gasteiger partial charge >= 0.3 is 5.97 Å². The summed E-state index contributed by atoms with van der Waals surface area (Å²) in [6.45, 7) is 3.93. The number of carbonyl (C=O) groups is 1. The Hall–Kier alpha value is -1.51. The van der Waals surface area contributed by atoms with Crippen LogP contribution in [0.15, 0.2) is 17.0 Å². The summed E-state index contributed by atoms with van der Waals surface area (Å²) in [6.07, 6.45) is 3.47. The zero-order valence-corrected chi connectivity index (χ0v) is 15.9. The van der Waals surface area contributed by atoms with E-state index in [4.69, 9.17) is 5.11 Å². The summed E-state index contributed by atoms with van der Waals surface area (Å²) in [5, 5.41) is 9.09. The zero-order chi connectivity index (χ0) is 19.1. The van der Waals surface area contributed by atoms with Crippen molar-refractivity contribution >= 4 is 16.0 Å². The Kier molecular flexibility index (Phi) is 5.37. The van der Waals surface area contributed by atoms with Crippen LogP contribution in [0.5, 0.6) is 0 Å². The number of nitrogens with one attached hydrogen (secondary N) is 1. The van der Waals surface area contributed by atoms with Gasteiger partial charge in [-0.3, -0.25) is 9.69 Å². The number of hydrogen-bond acceptors (Lipinski definition) is 4. The van der Waals surface area contributed by atoms with Crippen molar-refractivity contribution in [3.8, 4) is 0 Å². The molecule has 0 amide bonds. The molecule has 26 heavy (non-hydrogen) atoms. The van der Waals surface area contributed by atoms with Gasteiger partial charge in [0, 0.05) is 18.6 Å². The largest absolute Gasteiger partial charge is 0.480 e. The molecule has 0 unspecified atom stereocenters. The second-order valence-corrected chi connectivity index (χ2v) is 9.23. The van der Waals surface area contributed by atoms with Crippen molar-refractivity contribution < 1.29 is 22.7 Å². The number of sulfonamides is 1. The van der Waals surface area contributed by atoms with Crippen molar-refractivity contribution in [3.05, 3.63) is 29.1 Å². The molecule has 2 saturated carbocycles. The average Bonchev–Trinajstić information content (AvgIpc) is 3.23. The standard InChI is InChI=1S/C18H25FN2O4S/c1-11-5-14(19)6-12(2)18(11)26(24,25)20-15-7-16(8-15)21(10-17(22)23)9-13-3-4-13/h5-6,13,15-16,20H,3-4,7-10H2,1-2H3,(H,22,23). The van der Waals surface area contributed by atoms with E-state index >= 15 is 0 Å². The molecule has 1 aromatic carbocycles. The molecule has 0 aliphatic heterocycles. The summed E-state index contributed by atoms with van der Waals surface area (Å²) in [4.78, 5) is 13.2. The van der Waals surface area contributed by atoms with Crippen LogP contribution in [0.3, 0.4) is 0 Å². The van der Waals surface area contributed by atoms with E-state index in [1.54, 1.807) is 13.8 Å². The molecule has 1 aromatic rings. The van der Waals surface area contributed by atoms with Crippen LogP contribution in [0, 0.1) is 25.6 Å². The highest BCUT2D eigenvalue weighted by Gasteiger charge is 2.39. The lowest BCUT2D eigenvalue weighted by molar-refractivity contribution is -0.139. The predicted octanol–water partition coefficient (Wildman–Crippen LogP) is 2.05. The maximum Gasteiger partial charge on any atom is 0.317 e. The fraction of sp³-hybridized carbons (Fsp3) is 0.611. The van der Waals surface area contributed by atoms with E-state index in [9.17, 15) is 17.6 Å². The molecular formula is C18H25FN2O4S. The third-order valence-corrected chi connectivity index (χ3v) is 7.00. The zero-order valence-electron chi connectivity index (χ0n) is 15.0. The molecule has 2 aliphatic carbocycles. The number of hydrogen-bond donors (Lipinski definition) is 2. The summed E-state index contributed by atoms with van der Waals surface area (Å²) in [7, 11) is -3.73. The number of rotatable bonds is 8. The first-order valence-corrected chi connectivity index (χ1v) is 10.4. The molecule has 2 fully saturated rings. The molecule has 2 N–H and O–H groups in total. The lowest BCUT2D eigenvalue weighted by Crippen LogP contribution is -2.55. The Bertz CT molecular complexity index is 778. The Morgan fingerprint density at radius 1 is 1.27 bits per heavy atom. The van der Waals surface area contributed by atoms with Gasteiger partial charge in [-0.15, -0.1) is 0 Å². The van der Waals surface area contributed by atoms with Crippen LogP contribution >= 0.6 is 0 Å². The predicted molar refractivity (Wildman–Crippen MR) is 94.9 cm³/mol. The number of benzene rings is 1. The minimum atomic E-state index is -3.73. The highest BCUT2D eigenvalue weighted by Crippen LogP contribution is 2.34. The van der Waals surface area contributed by atoms with Crippen LogP contribution in [0.4, 0.5) is 4.39 Å². The molecule has 6 nitrogen and oxygen atoms in total. The Labute approximate surface area is 153 Å². The summed E-state index contributed by atoms with van der Waals surface area (Å²) in [5.41, 5.74) is 0.763. The van der Waals surface area contributed by atoms with Gasteiger partial charge in [0.05, 0.1) is 11.4 Å². The minimum absolute atomic E-state index is 0.00316. The van der Waals surface area contributed by atoms with E-state index in [2.05, 4.69) is 4.72 Å². The normalized spacial score (nSPS) is 23.1. The van der Waals surface area contributed by atoms with E-state index < -0.39 is 21.8 Å². The van der Waals surface area contributed by atoms with Gasteiger partial charge in [0.15, 0.2) is 0 Å². The fourth-order valence-corrected chi connectivity index (χ4v) is 5.45. The summed E-state index contributed by atoms with van der Waals surface area (Å²) >= 11 is 0. The van der Waals surface area contributed by atoms with Gasteiger partial charge in [0.1, 0.15) is 5.82 Å². The van der Waals surface area contributed by atoms with Gasteiger partial charge < -0.3 is 5.11 Å². The first-order chi connectivity index (χ1) is 12.2. The second-order valence-electron chi connectivity index (χ2n) is 7.58. The van der Waals surface area contributed by atoms with Crippen molar-refractivity contribution in [3.63, 3.8) is 0 Å². The lowest BCUT2D eigenvalue weighted by atomic mass is 9.86. The molecule has 0 aromatic heterocycles. The number of halogens is 1. The average molecular weight is 384 g/mol. The first-order valence-electron chi connectivity index (χ1n) is 8.90. The molecule has 0 heterocycles. The molecule has 0 saturated heterocycles. The van der Waals surface area contributed by atoms with Crippen molar-refractivity contribution in [2.75, 3.05) is 13.1 Å². The Balaban J connectivity index is 1.63. The monoisotopic (exact) mass is 384 g/mol. The molecule has 3 rings (SSSR count). The molecule has 0 spiro atoms. The molecule has 0 atom stereocenters. The van der Waals surface area contributed by atoms with Crippen molar-refractivity contribution in [2.45, 2.75) is 56.5 Å². The molecular weight excluding hydrogens is 359 g/mol. The van der Waals surface area contributed by atoms with E-state index in [0.29, 0.717) is 29.9 Å². The number of carboxylic acid groups (broad SMARTS) is 1. The highest BCUT2D eigenvalue weighted by atomic mass is 32.2. The number of nitrogens with zero attached hydrogens (tertiary/aromatic N) is 1. The van der Waals surface area contributed by atoms with Gasteiger partial charge in [-0.1, -0.05) is 0 Å². The number of aliphatic carboxylic acids is 1. The number of aryl methyl sites for hydroxylation is 2. The molecule has 0 radical (unpaired) electrons. The van der Waals surface area contributed by atoms with Crippen molar-refractivity contribution in [1.82, 2.24) is 9.62 Å². The topological polar surface area (TPSA) is 86.7 Å². The van der Waals surface area contributed by atoms with Gasteiger partial charge in [-0.25, -0.2) is 17.5 Å². The minimum Gasteiger partial charge on any atom is -0.480 e. The summed E-state index contributed by atoms with van der Waals surface area (Å²) in [5.74, 6) is -0.728. The summed E-state index contributed by atoms with van der Waals surface area (Å²) < 4.78 is 41.5. The Morgan fingerprint density at radius 3 is 2.35 bits per heavy atom. The van der Waals surface area contributed by atoms with Crippen molar-refractivity contribution in [1.29, 1.82) is 0 Å². The van der Waals surface area contributed by atoms with Crippen LogP contribution in [0.1, 0.15) is 36.8 Å². The molecule has 0 bridgehead atoms. The third-order valence-electron chi connectivity index (χ3n) is 5.17. The van der Waals surface area contributed by atoms with Crippen LogP contribution in [0.25, 0.3) is 0 Å². The summed E-state index contributed by atoms with van der Waals surface area (Å²) in [6, 6.07) is 2.31. The van der Waals surface area contributed by atoms with E-state index in [1.807, 2.05) is 4.90 Å². The maximum atomic E-state index is 13.4. The van der Waals surface area contributed by atoms with Crippen LogP contribution < -0.4 is 4.72 Å². The lowest BCUT2D eigenvalue weighted by Gasteiger charge is -2.42. The highest BCUT2D eigenvalue weighted by molar-refractivity contribution is 7.89. The van der Waals surface area contributed by atoms with E-state index in [1.165, 1.54) is 12.1 Å². The molecule has 8 heteroatoms. The van der Waals surface area contributed by atoms with Crippen LogP contribution in [-0.2, 0) is 14.8 Å². The first kappa shape index (κ1) is 19.3. The van der Waals surface area contributed by atoms with Gasteiger partial charge in [0.25, 0.3) is 0 Å². The van der Waals surface area contributed by atoms with Crippen LogP contribution in [0.2, 0.25) is 0 Å². The molecule has 2 aliphatic rings. The van der Waals surface area contributed by atoms with Gasteiger partial charge in [0.2, 0.25) is 10.0 Å². The Morgan fingerprint density at radius 2 is 1.85 bits per heavy atom. The van der Waals surface area contributed by atoms with E-state index in [-0.39, 0.29) is 23.5 Å². The number of carboxylic acids is 1. The fourth-order valence-electron chi connectivity index (χ4n) is 3.73. The van der Waals surface area contributed by atoms with Crippen LogP contribution in [-0.4, -0.2) is 49.6 Å².